The van der Waals surface area contributed by atoms with Gasteiger partial charge in [0.1, 0.15) is 11.4 Å². The lowest BCUT2D eigenvalue weighted by atomic mass is 10.1. The number of rotatable bonds is 3. The number of amides is 1. The molecule has 1 amide bonds. The van der Waals surface area contributed by atoms with Crippen LogP contribution in [0.1, 0.15) is 0 Å². The van der Waals surface area contributed by atoms with Crippen LogP contribution in [0.4, 0.5) is 10.5 Å². The number of anilines is 1. The SMILES string of the molecule is O=C(Nc1cccc(Cl)c1)n1nccc1-c1cc(-c2ccccc2)no1. The number of hydrogen-bond acceptors (Lipinski definition) is 4. The molecule has 26 heavy (non-hydrogen) atoms. The van der Waals surface area contributed by atoms with Crippen molar-refractivity contribution < 1.29 is 9.32 Å². The topological polar surface area (TPSA) is 73.0 Å². The maximum absolute atomic E-state index is 12.5. The fourth-order valence-corrected chi connectivity index (χ4v) is 2.73. The van der Waals surface area contributed by atoms with Gasteiger partial charge in [0.2, 0.25) is 0 Å². The first kappa shape index (κ1) is 16.1. The first-order valence-corrected chi connectivity index (χ1v) is 8.22. The lowest BCUT2D eigenvalue weighted by molar-refractivity contribution is 0.251. The van der Waals surface area contributed by atoms with E-state index >= 15 is 0 Å². The van der Waals surface area contributed by atoms with Crippen molar-refractivity contribution in [2.75, 3.05) is 5.32 Å². The number of halogens is 1. The van der Waals surface area contributed by atoms with E-state index in [2.05, 4.69) is 15.6 Å². The van der Waals surface area contributed by atoms with Crippen molar-refractivity contribution in [3.05, 3.63) is 77.9 Å². The van der Waals surface area contributed by atoms with Gasteiger partial charge in [-0.15, -0.1) is 0 Å². The molecule has 4 rings (SSSR count). The number of aromatic nitrogens is 3. The Morgan fingerprint density at radius 3 is 2.69 bits per heavy atom. The van der Waals surface area contributed by atoms with Gasteiger partial charge in [0.15, 0.2) is 5.76 Å². The Hall–Kier alpha value is -3.38. The highest BCUT2D eigenvalue weighted by molar-refractivity contribution is 6.30. The van der Waals surface area contributed by atoms with Gasteiger partial charge in [-0.2, -0.15) is 9.78 Å². The monoisotopic (exact) mass is 364 g/mol. The number of carbonyl (C=O) groups excluding carboxylic acids is 1. The van der Waals surface area contributed by atoms with Crippen LogP contribution >= 0.6 is 11.6 Å². The number of nitrogens with zero attached hydrogens (tertiary/aromatic N) is 3. The first-order chi connectivity index (χ1) is 12.7. The Bertz CT molecular complexity index is 1060. The Kier molecular flexibility index (Phi) is 4.25. The van der Waals surface area contributed by atoms with Gasteiger partial charge in [0, 0.05) is 22.3 Å². The Morgan fingerprint density at radius 1 is 1.04 bits per heavy atom. The summed E-state index contributed by atoms with van der Waals surface area (Å²) in [7, 11) is 0. The molecule has 0 spiro atoms. The molecular formula is C19H13ClN4O2. The molecule has 0 bridgehead atoms. The van der Waals surface area contributed by atoms with Crippen LogP contribution in [0.3, 0.4) is 0 Å². The van der Waals surface area contributed by atoms with Crippen molar-refractivity contribution in [1.82, 2.24) is 14.9 Å². The van der Waals surface area contributed by atoms with Crippen molar-refractivity contribution in [3.8, 4) is 22.7 Å². The summed E-state index contributed by atoms with van der Waals surface area (Å²) in [4.78, 5) is 12.5. The van der Waals surface area contributed by atoms with E-state index in [-0.39, 0.29) is 0 Å². The highest BCUT2D eigenvalue weighted by atomic mass is 35.5. The first-order valence-electron chi connectivity index (χ1n) is 7.84. The summed E-state index contributed by atoms with van der Waals surface area (Å²) in [6.07, 6.45) is 1.53. The molecule has 4 aromatic rings. The normalized spacial score (nSPS) is 10.7. The molecule has 0 aliphatic rings. The molecule has 128 valence electrons. The largest absolute Gasteiger partial charge is 0.354 e. The van der Waals surface area contributed by atoms with Crippen LogP contribution < -0.4 is 5.32 Å². The average Bonchev–Trinajstić information content (AvgIpc) is 3.32. The third-order valence-electron chi connectivity index (χ3n) is 3.74. The molecular weight excluding hydrogens is 352 g/mol. The van der Waals surface area contributed by atoms with Crippen LogP contribution in [0, 0.1) is 0 Å². The second-order valence-electron chi connectivity index (χ2n) is 5.51. The summed E-state index contributed by atoms with van der Waals surface area (Å²) in [6.45, 7) is 0. The van der Waals surface area contributed by atoms with E-state index in [0.29, 0.717) is 27.9 Å². The fourth-order valence-electron chi connectivity index (χ4n) is 2.54. The molecule has 0 radical (unpaired) electrons. The van der Waals surface area contributed by atoms with Crippen LogP contribution in [0.25, 0.3) is 22.7 Å². The molecule has 0 aliphatic carbocycles. The summed E-state index contributed by atoms with van der Waals surface area (Å²) in [5, 5.41) is 11.4. The minimum Gasteiger partial charge on any atom is -0.354 e. The zero-order chi connectivity index (χ0) is 17.9. The van der Waals surface area contributed by atoms with E-state index in [1.54, 1.807) is 36.4 Å². The minimum atomic E-state index is -0.426. The molecule has 2 heterocycles. The van der Waals surface area contributed by atoms with Gasteiger partial charge in [0.25, 0.3) is 0 Å². The lowest BCUT2D eigenvalue weighted by Gasteiger charge is -2.07. The summed E-state index contributed by atoms with van der Waals surface area (Å²) in [6, 6.07) is 19.6. The summed E-state index contributed by atoms with van der Waals surface area (Å²) in [5.41, 5.74) is 2.69. The zero-order valence-electron chi connectivity index (χ0n) is 13.5. The number of hydrogen-bond donors (Lipinski definition) is 1. The van der Waals surface area contributed by atoms with Crippen LogP contribution in [0.15, 0.2) is 77.4 Å². The van der Waals surface area contributed by atoms with E-state index in [0.717, 1.165) is 5.56 Å². The van der Waals surface area contributed by atoms with E-state index < -0.39 is 6.03 Å². The molecule has 0 saturated heterocycles. The standard InChI is InChI=1S/C19H13ClN4O2/c20-14-7-4-8-15(11-14)22-19(25)24-17(9-10-21-24)18-12-16(23-26-18)13-5-2-1-3-6-13/h1-12H,(H,22,25). The zero-order valence-corrected chi connectivity index (χ0v) is 14.2. The van der Waals surface area contributed by atoms with Gasteiger partial charge in [-0.25, -0.2) is 4.79 Å². The van der Waals surface area contributed by atoms with Gasteiger partial charge in [-0.3, -0.25) is 0 Å². The summed E-state index contributed by atoms with van der Waals surface area (Å²) < 4.78 is 6.63. The van der Waals surface area contributed by atoms with E-state index in [9.17, 15) is 4.79 Å². The summed E-state index contributed by atoms with van der Waals surface area (Å²) in [5.74, 6) is 0.447. The van der Waals surface area contributed by atoms with Crippen molar-refractivity contribution >= 4 is 23.3 Å². The molecule has 7 heteroatoms. The predicted octanol–water partition coefficient (Wildman–Crippen LogP) is 4.94. The molecule has 2 aromatic heterocycles. The molecule has 0 fully saturated rings. The third-order valence-corrected chi connectivity index (χ3v) is 3.98. The molecule has 6 nitrogen and oxygen atoms in total. The van der Waals surface area contributed by atoms with Crippen molar-refractivity contribution in [3.63, 3.8) is 0 Å². The number of benzene rings is 2. The third kappa shape index (κ3) is 3.22. The van der Waals surface area contributed by atoms with E-state index in [1.807, 2.05) is 30.3 Å². The van der Waals surface area contributed by atoms with Gasteiger partial charge >= 0.3 is 6.03 Å². The number of nitrogens with one attached hydrogen (secondary N) is 1. The van der Waals surface area contributed by atoms with E-state index in [1.165, 1.54) is 10.9 Å². The Balaban J connectivity index is 1.61. The van der Waals surface area contributed by atoms with Crippen LogP contribution in [-0.4, -0.2) is 21.0 Å². The van der Waals surface area contributed by atoms with Crippen molar-refractivity contribution in [1.29, 1.82) is 0 Å². The lowest BCUT2D eigenvalue weighted by Crippen LogP contribution is -2.21. The van der Waals surface area contributed by atoms with Crippen molar-refractivity contribution in [2.45, 2.75) is 0 Å². The van der Waals surface area contributed by atoms with Crippen LogP contribution in [0.5, 0.6) is 0 Å². The number of carbonyl (C=O) groups is 1. The van der Waals surface area contributed by atoms with Gasteiger partial charge in [-0.05, 0) is 24.3 Å². The second-order valence-corrected chi connectivity index (χ2v) is 5.95. The van der Waals surface area contributed by atoms with Crippen molar-refractivity contribution in [2.24, 2.45) is 0 Å². The van der Waals surface area contributed by atoms with Gasteiger partial charge < -0.3 is 9.84 Å². The quantitative estimate of drug-likeness (QED) is 0.559. The fraction of sp³-hybridized carbons (Fsp3) is 0. The van der Waals surface area contributed by atoms with Gasteiger partial charge in [-0.1, -0.05) is 53.2 Å². The predicted molar refractivity (Wildman–Crippen MR) is 99.0 cm³/mol. The Morgan fingerprint density at radius 2 is 1.88 bits per heavy atom. The molecule has 0 atom stereocenters. The summed E-state index contributed by atoms with van der Waals surface area (Å²) >= 11 is 5.94. The molecule has 1 N–H and O–H groups in total. The van der Waals surface area contributed by atoms with E-state index in [4.69, 9.17) is 16.1 Å². The van der Waals surface area contributed by atoms with Gasteiger partial charge in [0.05, 0.1) is 6.20 Å². The maximum atomic E-state index is 12.5. The highest BCUT2D eigenvalue weighted by Gasteiger charge is 2.17. The minimum absolute atomic E-state index is 0.426. The second kappa shape index (κ2) is 6.85. The Labute approximate surface area is 154 Å². The molecule has 0 aliphatic heterocycles. The van der Waals surface area contributed by atoms with Crippen LogP contribution in [0.2, 0.25) is 5.02 Å². The maximum Gasteiger partial charge on any atom is 0.347 e. The molecule has 2 aromatic carbocycles. The van der Waals surface area contributed by atoms with Crippen LogP contribution in [-0.2, 0) is 0 Å². The average molecular weight is 365 g/mol. The smallest absolute Gasteiger partial charge is 0.347 e. The highest BCUT2D eigenvalue weighted by Crippen LogP contribution is 2.26. The molecule has 0 saturated carbocycles. The molecule has 0 unspecified atom stereocenters.